The molecule has 2 aliphatic heterocycles. The molecule has 0 saturated carbocycles. The molecule has 0 unspecified atom stereocenters. The van der Waals surface area contributed by atoms with Crippen molar-refractivity contribution in [2.75, 3.05) is 0 Å². The van der Waals surface area contributed by atoms with E-state index >= 15 is 0 Å². The van der Waals surface area contributed by atoms with E-state index in [0.717, 1.165) is 22.6 Å². The smallest absolute Gasteiger partial charge is 0.0688 e. The van der Waals surface area contributed by atoms with E-state index in [4.69, 9.17) is 0 Å². The number of rotatable bonds is 2. The minimum absolute atomic E-state index is 0. The topological polar surface area (TPSA) is 0 Å². The molecule has 2 heterocycles. The molecule has 0 aliphatic carbocycles. The average molecular weight is 409 g/mol. The van der Waals surface area contributed by atoms with Gasteiger partial charge in [-0.15, -0.1) is 0 Å². The number of hydrogen-bond acceptors (Lipinski definition) is 0. The van der Waals surface area contributed by atoms with Crippen LogP contribution >= 0.6 is 15.8 Å². The zero-order valence-corrected chi connectivity index (χ0v) is 17.1. The van der Waals surface area contributed by atoms with Crippen LogP contribution in [-0.2, 0) is 19.5 Å². The zero-order chi connectivity index (χ0) is 14.3. The van der Waals surface area contributed by atoms with Gasteiger partial charge in [0, 0.05) is 0 Å². The van der Waals surface area contributed by atoms with E-state index in [0.29, 0.717) is 0 Å². The van der Waals surface area contributed by atoms with Gasteiger partial charge in [0.1, 0.15) is 0 Å². The third-order valence-corrected chi connectivity index (χ3v) is 12.2. The van der Waals surface area contributed by atoms with Crippen molar-refractivity contribution in [3.05, 3.63) is 24.3 Å². The van der Waals surface area contributed by atoms with Gasteiger partial charge in [0.2, 0.25) is 0 Å². The molecule has 2 aliphatic rings. The molecule has 3 heteroatoms. The summed E-state index contributed by atoms with van der Waals surface area (Å²) in [4.78, 5) is 0. The Morgan fingerprint density at radius 2 is 0.952 bits per heavy atom. The maximum absolute atomic E-state index is 2.50. The van der Waals surface area contributed by atoms with Gasteiger partial charge in [-0.05, 0) is 58.9 Å². The maximum atomic E-state index is 2.50. The van der Waals surface area contributed by atoms with Crippen LogP contribution < -0.4 is 10.6 Å². The number of benzene rings is 1. The van der Waals surface area contributed by atoms with Gasteiger partial charge in [-0.1, -0.05) is 67.8 Å². The van der Waals surface area contributed by atoms with E-state index in [-0.39, 0.29) is 35.3 Å². The Balaban J connectivity index is 0.00000161. The second-order valence-corrected chi connectivity index (χ2v) is 13.0. The summed E-state index contributed by atoms with van der Waals surface area (Å²) in [5, 5.41) is 3.57. The van der Waals surface area contributed by atoms with Crippen LogP contribution in [0.1, 0.15) is 53.4 Å². The Kier molecular flexibility index (Phi) is 6.46. The van der Waals surface area contributed by atoms with E-state index in [1.165, 1.54) is 25.7 Å². The molecule has 0 amide bonds. The molecule has 1 radical (unpaired) electrons. The zero-order valence-electron chi connectivity index (χ0n) is 13.7. The third kappa shape index (κ3) is 3.47. The largest absolute Gasteiger partial charge is 2.00 e. The minimum atomic E-state index is 0. The van der Waals surface area contributed by atoms with Crippen LogP contribution in [0.5, 0.6) is 0 Å². The van der Waals surface area contributed by atoms with E-state index < -0.39 is 0 Å². The molecule has 0 bridgehead atoms. The van der Waals surface area contributed by atoms with Crippen molar-refractivity contribution in [3.63, 3.8) is 0 Å². The van der Waals surface area contributed by atoms with Crippen LogP contribution in [0.2, 0.25) is 0 Å². The van der Waals surface area contributed by atoms with Crippen LogP contribution in [0.3, 0.4) is 0 Å². The van der Waals surface area contributed by atoms with Crippen molar-refractivity contribution >= 4 is 26.5 Å². The fourth-order valence-electron chi connectivity index (χ4n) is 4.24. The first kappa shape index (κ1) is 18.0. The van der Waals surface area contributed by atoms with Gasteiger partial charge in [-0.2, -0.15) is 0 Å². The summed E-state index contributed by atoms with van der Waals surface area (Å²) in [6.45, 7) is 10.0. The predicted molar refractivity (Wildman–Crippen MR) is 95.9 cm³/mol. The summed E-state index contributed by atoms with van der Waals surface area (Å²) >= 11 is 0. The molecule has 117 valence electrons. The number of hydrogen-bond donors (Lipinski definition) is 0. The first-order valence-electron chi connectivity index (χ1n) is 8.25. The van der Waals surface area contributed by atoms with Crippen molar-refractivity contribution in [1.82, 2.24) is 0 Å². The second kappa shape index (κ2) is 7.52. The molecular weight excluding hydrogens is 381 g/mol. The van der Waals surface area contributed by atoms with E-state index in [2.05, 4.69) is 52.0 Å². The Morgan fingerprint density at radius 1 is 0.667 bits per heavy atom. The molecular formula is C18H28P2Rh+2. The minimum Gasteiger partial charge on any atom is -0.0688 e. The summed E-state index contributed by atoms with van der Waals surface area (Å²) in [6.07, 6.45) is 5.79. The molecule has 3 rings (SSSR count). The molecule has 0 spiro atoms. The quantitative estimate of drug-likeness (QED) is 0.474. The van der Waals surface area contributed by atoms with Gasteiger partial charge in [-0.25, -0.2) is 0 Å². The van der Waals surface area contributed by atoms with Crippen LogP contribution in [0.15, 0.2) is 24.3 Å². The Hall–Kier alpha value is 0.703. The van der Waals surface area contributed by atoms with E-state index in [9.17, 15) is 0 Å². The van der Waals surface area contributed by atoms with Crippen molar-refractivity contribution < 1.29 is 19.5 Å². The summed E-state index contributed by atoms with van der Waals surface area (Å²) in [5.41, 5.74) is 3.74. The molecule has 21 heavy (non-hydrogen) atoms. The standard InChI is InChI=1S/C18H28P2.Rh/c1-13-9-10-14(2)19(13)17-7-5-6-8-18(17)20-15(3)11-12-16(20)4;/h5-8,13-16H,9-12H2,1-4H3;/q;+2/t13-,14-,15+,16+;. The van der Waals surface area contributed by atoms with E-state index in [1.807, 2.05) is 0 Å². The summed E-state index contributed by atoms with van der Waals surface area (Å²) < 4.78 is 0. The van der Waals surface area contributed by atoms with Gasteiger partial charge in [-0.3, -0.25) is 0 Å². The third-order valence-electron chi connectivity index (χ3n) is 5.34. The Labute approximate surface area is 146 Å². The second-order valence-electron chi connectivity index (χ2n) is 6.85. The molecule has 0 aromatic heterocycles. The Morgan fingerprint density at radius 3 is 1.24 bits per heavy atom. The van der Waals surface area contributed by atoms with Crippen molar-refractivity contribution in [2.24, 2.45) is 0 Å². The fourth-order valence-corrected chi connectivity index (χ4v) is 11.5. The first-order chi connectivity index (χ1) is 9.59. The predicted octanol–water partition coefficient (Wildman–Crippen LogP) is 5.04. The summed E-state index contributed by atoms with van der Waals surface area (Å²) in [5.74, 6) is 0. The van der Waals surface area contributed by atoms with Crippen molar-refractivity contribution in [3.8, 4) is 0 Å². The van der Waals surface area contributed by atoms with Gasteiger partial charge < -0.3 is 0 Å². The van der Waals surface area contributed by atoms with Crippen molar-refractivity contribution in [2.45, 2.75) is 76.0 Å². The van der Waals surface area contributed by atoms with Crippen LogP contribution in [0, 0.1) is 0 Å². The maximum Gasteiger partial charge on any atom is 2.00 e. The van der Waals surface area contributed by atoms with Crippen LogP contribution in [0.25, 0.3) is 0 Å². The molecule has 0 nitrogen and oxygen atoms in total. The van der Waals surface area contributed by atoms with Crippen molar-refractivity contribution in [1.29, 1.82) is 0 Å². The van der Waals surface area contributed by atoms with E-state index in [1.54, 1.807) is 10.6 Å². The molecule has 4 atom stereocenters. The molecule has 2 saturated heterocycles. The molecule has 2 fully saturated rings. The van der Waals surface area contributed by atoms with Gasteiger partial charge in [0.25, 0.3) is 0 Å². The summed E-state index contributed by atoms with van der Waals surface area (Å²) in [6, 6.07) is 9.55. The van der Waals surface area contributed by atoms with Crippen LogP contribution in [-0.4, -0.2) is 22.6 Å². The fraction of sp³-hybridized carbons (Fsp3) is 0.667. The Bertz CT molecular complexity index is 413. The normalized spacial score (nSPS) is 34.1. The SMILES string of the molecule is C[C@@H]1CC[C@@H](C)P1c1ccccc1P1[C@@H](C)CC[C@@H]1C.[Rh+2]. The van der Waals surface area contributed by atoms with Gasteiger partial charge >= 0.3 is 19.5 Å². The van der Waals surface area contributed by atoms with Gasteiger partial charge in [0.05, 0.1) is 0 Å². The first-order valence-corrected chi connectivity index (χ1v) is 11.2. The molecule has 1 aromatic rings. The average Bonchev–Trinajstić information content (AvgIpc) is 2.93. The summed E-state index contributed by atoms with van der Waals surface area (Å²) in [7, 11) is 0.157. The monoisotopic (exact) mass is 409 g/mol. The van der Waals surface area contributed by atoms with Crippen LogP contribution in [0.4, 0.5) is 0 Å². The molecule has 0 N–H and O–H groups in total. The molecule has 1 aromatic carbocycles. The van der Waals surface area contributed by atoms with Gasteiger partial charge in [0.15, 0.2) is 0 Å².